The largest absolute Gasteiger partial charge is 0.352 e. The zero-order valence-electron chi connectivity index (χ0n) is 13.6. The van der Waals surface area contributed by atoms with Crippen molar-refractivity contribution in [2.24, 2.45) is 0 Å². The standard InChI is InChI=1S/C17H21N3O2S/c1-5-10-18-15(21)12(4)23-17-19-14-9-7-6-8-13(14)16(22)20(17)11(2)3/h5-9,11-12H,1,10H2,2-4H3,(H,18,21)/t12-/m0/s1. The number of nitrogens with one attached hydrogen (secondary N) is 1. The van der Waals surface area contributed by atoms with E-state index in [9.17, 15) is 9.59 Å². The first-order chi connectivity index (χ1) is 11.0. The van der Waals surface area contributed by atoms with Gasteiger partial charge >= 0.3 is 0 Å². The van der Waals surface area contributed by atoms with Crippen molar-refractivity contribution in [2.45, 2.75) is 37.2 Å². The molecule has 1 amide bonds. The number of para-hydroxylation sites is 1. The van der Waals surface area contributed by atoms with Gasteiger partial charge in [0.15, 0.2) is 5.16 Å². The Balaban J connectivity index is 2.43. The number of amides is 1. The lowest BCUT2D eigenvalue weighted by atomic mass is 10.2. The smallest absolute Gasteiger partial charge is 0.262 e. The lowest BCUT2D eigenvalue weighted by Crippen LogP contribution is -2.32. The number of nitrogens with zero attached hydrogens (tertiary/aromatic N) is 2. The summed E-state index contributed by atoms with van der Waals surface area (Å²) in [6, 6.07) is 7.23. The van der Waals surface area contributed by atoms with Crippen LogP contribution >= 0.6 is 11.8 Å². The topological polar surface area (TPSA) is 64.0 Å². The van der Waals surface area contributed by atoms with Gasteiger partial charge in [0.1, 0.15) is 0 Å². The fourth-order valence-corrected chi connectivity index (χ4v) is 3.26. The molecule has 23 heavy (non-hydrogen) atoms. The average molecular weight is 331 g/mol. The predicted octanol–water partition coefficient (Wildman–Crippen LogP) is 2.76. The Morgan fingerprint density at radius 2 is 2.09 bits per heavy atom. The summed E-state index contributed by atoms with van der Waals surface area (Å²) in [6.45, 7) is 9.67. The van der Waals surface area contributed by atoms with Crippen LogP contribution in [0.25, 0.3) is 10.9 Å². The van der Waals surface area contributed by atoms with Crippen molar-refractivity contribution in [3.63, 3.8) is 0 Å². The van der Waals surface area contributed by atoms with Gasteiger partial charge in [0.05, 0.1) is 16.2 Å². The summed E-state index contributed by atoms with van der Waals surface area (Å²) < 4.78 is 1.64. The molecule has 0 aliphatic heterocycles. The maximum Gasteiger partial charge on any atom is 0.262 e. The molecule has 0 aliphatic rings. The quantitative estimate of drug-likeness (QED) is 0.502. The van der Waals surface area contributed by atoms with Gasteiger partial charge < -0.3 is 5.32 Å². The minimum Gasteiger partial charge on any atom is -0.352 e. The molecule has 0 fully saturated rings. The van der Waals surface area contributed by atoms with Gasteiger partial charge in [-0.3, -0.25) is 14.2 Å². The molecule has 122 valence electrons. The van der Waals surface area contributed by atoms with E-state index in [1.165, 1.54) is 11.8 Å². The molecule has 6 heteroatoms. The van der Waals surface area contributed by atoms with E-state index in [-0.39, 0.29) is 22.8 Å². The normalized spacial score (nSPS) is 12.3. The molecule has 0 unspecified atom stereocenters. The van der Waals surface area contributed by atoms with Crippen molar-refractivity contribution in [3.05, 3.63) is 47.3 Å². The van der Waals surface area contributed by atoms with Gasteiger partial charge in [0.25, 0.3) is 5.56 Å². The Morgan fingerprint density at radius 3 is 2.74 bits per heavy atom. The molecule has 1 aromatic carbocycles. The lowest BCUT2D eigenvalue weighted by molar-refractivity contribution is -0.120. The molecule has 0 aliphatic carbocycles. The minimum atomic E-state index is -0.354. The highest BCUT2D eigenvalue weighted by molar-refractivity contribution is 8.00. The van der Waals surface area contributed by atoms with Gasteiger partial charge in [-0.2, -0.15) is 0 Å². The van der Waals surface area contributed by atoms with Crippen LogP contribution in [-0.2, 0) is 4.79 Å². The Morgan fingerprint density at radius 1 is 1.39 bits per heavy atom. The van der Waals surface area contributed by atoms with Crippen LogP contribution in [0, 0.1) is 0 Å². The molecule has 1 aromatic heterocycles. The Labute approximate surface area is 139 Å². The van der Waals surface area contributed by atoms with E-state index in [1.54, 1.807) is 23.6 Å². The monoisotopic (exact) mass is 331 g/mol. The van der Waals surface area contributed by atoms with E-state index in [1.807, 2.05) is 32.0 Å². The van der Waals surface area contributed by atoms with Crippen molar-refractivity contribution in [1.29, 1.82) is 0 Å². The van der Waals surface area contributed by atoms with Crippen molar-refractivity contribution in [2.75, 3.05) is 6.54 Å². The maximum atomic E-state index is 12.7. The van der Waals surface area contributed by atoms with Gasteiger partial charge in [-0.15, -0.1) is 6.58 Å². The van der Waals surface area contributed by atoms with E-state index in [0.29, 0.717) is 22.6 Å². The summed E-state index contributed by atoms with van der Waals surface area (Å²) in [6.07, 6.45) is 1.63. The number of aromatic nitrogens is 2. The number of fused-ring (bicyclic) bond motifs is 1. The third-order valence-electron chi connectivity index (χ3n) is 3.36. The second kappa shape index (κ2) is 7.46. The lowest BCUT2D eigenvalue weighted by Gasteiger charge is -2.18. The maximum absolute atomic E-state index is 12.7. The minimum absolute atomic E-state index is 0.0365. The van der Waals surface area contributed by atoms with Gasteiger partial charge in [0.2, 0.25) is 5.91 Å². The fourth-order valence-electron chi connectivity index (χ4n) is 2.19. The van der Waals surface area contributed by atoms with E-state index in [4.69, 9.17) is 0 Å². The first kappa shape index (κ1) is 17.3. The number of benzene rings is 1. The van der Waals surface area contributed by atoms with Crippen LogP contribution in [0.2, 0.25) is 0 Å². The highest BCUT2D eigenvalue weighted by Crippen LogP contribution is 2.24. The zero-order valence-corrected chi connectivity index (χ0v) is 14.4. The second-order valence-corrected chi connectivity index (χ2v) is 6.78. The highest BCUT2D eigenvalue weighted by atomic mass is 32.2. The third-order valence-corrected chi connectivity index (χ3v) is 4.43. The predicted molar refractivity (Wildman–Crippen MR) is 94.9 cm³/mol. The van der Waals surface area contributed by atoms with Crippen LogP contribution in [0.15, 0.2) is 46.9 Å². The van der Waals surface area contributed by atoms with E-state index in [0.717, 1.165) is 0 Å². The van der Waals surface area contributed by atoms with Crippen LogP contribution in [-0.4, -0.2) is 27.3 Å². The van der Waals surface area contributed by atoms with Gasteiger partial charge in [-0.05, 0) is 32.9 Å². The average Bonchev–Trinajstić information content (AvgIpc) is 2.52. The fraction of sp³-hybridized carbons (Fsp3) is 0.353. The highest BCUT2D eigenvalue weighted by Gasteiger charge is 2.20. The molecule has 0 spiro atoms. The number of carbonyl (C=O) groups excluding carboxylic acids is 1. The van der Waals surface area contributed by atoms with Gasteiger partial charge in [-0.25, -0.2) is 4.98 Å². The first-order valence-electron chi connectivity index (χ1n) is 7.52. The molecule has 0 saturated heterocycles. The number of hydrogen-bond acceptors (Lipinski definition) is 4. The number of rotatable bonds is 6. The Bertz CT molecular complexity index is 783. The van der Waals surface area contributed by atoms with Crippen LogP contribution in [0.3, 0.4) is 0 Å². The first-order valence-corrected chi connectivity index (χ1v) is 8.40. The summed E-state index contributed by atoms with van der Waals surface area (Å²) in [5.41, 5.74) is 0.572. The van der Waals surface area contributed by atoms with E-state index < -0.39 is 0 Å². The Kier molecular flexibility index (Phi) is 5.60. The number of thioether (sulfide) groups is 1. The molecular formula is C17H21N3O2S. The van der Waals surface area contributed by atoms with Crippen LogP contribution in [0.5, 0.6) is 0 Å². The van der Waals surface area contributed by atoms with Gasteiger partial charge in [-0.1, -0.05) is 30.0 Å². The van der Waals surface area contributed by atoms with E-state index in [2.05, 4.69) is 16.9 Å². The molecule has 2 rings (SSSR count). The number of carbonyl (C=O) groups is 1. The molecule has 1 heterocycles. The van der Waals surface area contributed by atoms with Crippen molar-refractivity contribution in [3.8, 4) is 0 Å². The molecule has 0 bridgehead atoms. The van der Waals surface area contributed by atoms with Gasteiger partial charge in [0, 0.05) is 12.6 Å². The molecule has 2 aromatic rings. The molecule has 5 nitrogen and oxygen atoms in total. The molecule has 1 atom stereocenters. The molecular weight excluding hydrogens is 310 g/mol. The van der Waals surface area contributed by atoms with Crippen molar-refractivity contribution in [1.82, 2.24) is 14.9 Å². The van der Waals surface area contributed by atoms with Crippen molar-refractivity contribution >= 4 is 28.6 Å². The molecule has 1 N–H and O–H groups in total. The summed E-state index contributed by atoms with van der Waals surface area (Å²) in [4.78, 5) is 29.3. The summed E-state index contributed by atoms with van der Waals surface area (Å²) in [5.74, 6) is -0.104. The summed E-state index contributed by atoms with van der Waals surface area (Å²) >= 11 is 1.29. The summed E-state index contributed by atoms with van der Waals surface area (Å²) in [5, 5.41) is 3.56. The summed E-state index contributed by atoms with van der Waals surface area (Å²) in [7, 11) is 0. The SMILES string of the molecule is C=CCNC(=O)[C@H](C)Sc1nc2ccccc2c(=O)n1C(C)C. The van der Waals surface area contributed by atoms with E-state index >= 15 is 0 Å². The third kappa shape index (κ3) is 3.82. The Hall–Kier alpha value is -2.08. The van der Waals surface area contributed by atoms with Crippen LogP contribution < -0.4 is 10.9 Å². The van der Waals surface area contributed by atoms with Crippen molar-refractivity contribution < 1.29 is 4.79 Å². The second-order valence-electron chi connectivity index (χ2n) is 5.47. The van der Waals surface area contributed by atoms with Crippen LogP contribution in [0.1, 0.15) is 26.8 Å². The molecule has 0 radical (unpaired) electrons. The van der Waals surface area contributed by atoms with Crippen LogP contribution in [0.4, 0.5) is 0 Å². The number of hydrogen-bond donors (Lipinski definition) is 1. The zero-order chi connectivity index (χ0) is 17.0. The molecule has 0 saturated carbocycles.